The SMILES string of the molecule is O=C(OCc1ccccc1)N1CCOc2cc(Br)ccc21. The average Bonchev–Trinajstić information content (AvgIpc) is 2.52. The van der Waals surface area contributed by atoms with Crippen molar-refractivity contribution < 1.29 is 14.3 Å². The van der Waals surface area contributed by atoms with Crippen molar-refractivity contribution in [3.63, 3.8) is 0 Å². The largest absolute Gasteiger partial charge is 0.489 e. The number of nitrogens with zero attached hydrogens (tertiary/aromatic N) is 1. The molecule has 21 heavy (non-hydrogen) atoms. The molecule has 0 atom stereocenters. The lowest BCUT2D eigenvalue weighted by atomic mass is 10.2. The van der Waals surface area contributed by atoms with Gasteiger partial charge in [0.25, 0.3) is 0 Å². The molecule has 0 N–H and O–H groups in total. The van der Waals surface area contributed by atoms with Crippen LogP contribution in [0.2, 0.25) is 0 Å². The van der Waals surface area contributed by atoms with Gasteiger partial charge in [-0.05, 0) is 23.8 Å². The number of halogens is 1. The van der Waals surface area contributed by atoms with Gasteiger partial charge in [-0.25, -0.2) is 4.79 Å². The van der Waals surface area contributed by atoms with E-state index in [1.165, 1.54) is 0 Å². The molecule has 0 spiro atoms. The van der Waals surface area contributed by atoms with Crippen LogP contribution in [0.3, 0.4) is 0 Å². The molecule has 1 aliphatic rings. The minimum Gasteiger partial charge on any atom is -0.489 e. The fraction of sp³-hybridized carbons (Fsp3) is 0.188. The zero-order valence-corrected chi connectivity index (χ0v) is 12.9. The lowest BCUT2D eigenvalue weighted by molar-refractivity contribution is 0.144. The van der Waals surface area contributed by atoms with Gasteiger partial charge in [-0.15, -0.1) is 0 Å². The minimum absolute atomic E-state index is 0.267. The summed E-state index contributed by atoms with van der Waals surface area (Å²) in [7, 11) is 0. The Labute approximate surface area is 131 Å². The molecule has 4 nitrogen and oxygen atoms in total. The Hall–Kier alpha value is -2.01. The minimum atomic E-state index is -0.356. The molecule has 108 valence electrons. The average molecular weight is 348 g/mol. The first-order chi connectivity index (χ1) is 10.2. The second-order valence-electron chi connectivity index (χ2n) is 4.65. The van der Waals surface area contributed by atoms with E-state index >= 15 is 0 Å². The number of ether oxygens (including phenoxy) is 2. The molecule has 0 aromatic heterocycles. The summed E-state index contributed by atoms with van der Waals surface area (Å²) in [5.41, 5.74) is 1.71. The highest BCUT2D eigenvalue weighted by atomic mass is 79.9. The molecule has 1 aliphatic heterocycles. The van der Waals surface area contributed by atoms with Gasteiger partial charge >= 0.3 is 6.09 Å². The predicted octanol–water partition coefficient (Wildman–Crippen LogP) is 3.98. The molecule has 2 aromatic carbocycles. The summed E-state index contributed by atoms with van der Waals surface area (Å²) in [6.07, 6.45) is -0.356. The van der Waals surface area contributed by atoms with Crippen molar-refractivity contribution in [2.75, 3.05) is 18.1 Å². The molecule has 0 unspecified atom stereocenters. The van der Waals surface area contributed by atoms with Crippen LogP contribution in [0.1, 0.15) is 5.56 Å². The zero-order valence-electron chi connectivity index (χ0n) is 11.3. The number of anilines is 1. The quantitative estimate of drug-likeness (QED) is 0.824. The zero-order chi connectivity index (χ0) is 14.7. The molecular weight excluding hydrogens is 334 g/mol. The molecule has 0 bridgehead atoms. The second-order valence-corrected chi connectivity index (χ2v) is 5.57. The molecule has 0 saturated carbocycles. The van der Waals surface area contributed by atoms with Crippen LogP contribution >= 0.6 is 15.9 Å². The van der Waals surface area contributed by atoms with Crippen molar-refractivity contribution >= 4 is 27.7 Å². The Balaban J connectivity index is 1.71. The number of carbonyl (C=O) groups is 1. The van der Waals surface area contributed by atoms with E-state index in [1.807, 2.05) is 48.5 Å². The maximum absolute atomic E-state index is 12.3. The summed E-state index contributed by atoms with van der Waals surface area (Å²) in [5, 5.41) is 0. The number of rotatable bonds is 2. The summed E-state index contributed by atoms with van der Waals surface area (Å²) in [4.78, 5) is 13.9. The Kier molecular flexibility index (Phi) is 4.10. The van der Waals surface area contributed by atoms with Crippen molar-refractivity contribution in [2.45, 2.75) is 6.61 Å². The first-order valence-electron chi connectivity index (χ1n) is 6.64. The van der Waals surface area contributed by atoms with Crippen molar-refractivity contribution in [3.8, 4) is 5.75 Å². The molecule has 2 aromatic rings. The molecule has 3 rings (SSSR count). The van der Waals surface area contributed by atoms with E-state index in [0.717, 1.165) is 15.7 Å². The van der Waals surface area contributed by atoms with Crippen LogP contribution in [-0.4, -0.2) is 19.2 Å². The summed E-state index contributed by atoms with van der Waals surface area (Å²) in [5.74, 6) is 0.687. The van der Waals surface area contributed by atoms with Gasteiger partial charge in [-0.2, -0.15) is 0 Å². The second kappa shape index (κ2) is 6.18. The standard InChI is InChI=1S/C16H14BrNO3/c17-13-6-7-14-15(10-13)20-9-8-18(14)16(19)21-11-12-4-2-1-3-5-12/h1-7,10H,8-9,11H2. The van der Waals surface area contributed by atoms with Gasteiger partial charge in [0.15, 0.2) is 0 Å². The lowest BCUT2D eigenvalue weighted by Crippen LogP contribution is -2.38. The van der Waals surface area contributed by atoms with Crippen molar-refractivity contribution in [1.82, 2.24) is 0 Å². The van der Waals surface area contributed by atoms with E-state index in [4.69, 9.17) is 9.47 Å². The fourth-order valence-electron chi connectivity index (χ4n) is 2.18. The van der Waals surface area contributed by atoms with Crippen LogP contribution < -0.4 is 9.64 Å². The van der Waals surface area contributed by atoms with E-state index in [1.54, 1.807) is 4.90 Å². The maximum atomic E-state index is 12.3. The Morgan fingerprint density at radius 1 is 1.24 bits per heavy atom. The maximum Gasteiger partial charge on any atom is 0.414 e. The lowest BCUT2D eigenvalue weighted by Gasteiger charge is -2.28. The molecule has 0 saturated heterocycles. The first kappa shape index (κ1) is 13.9. The van der Waals surface area contributed by atoms with E-state index in [9.17, 15) is 4.79 Å². The molecular formula is C16H14BrNO3. The van der Waals surface area contributed by atoms with Gasteiger partial charge in [0.05, 0.1) is 12.2 Å². The third kappa shape index (κ3) is 3.19. The van der Waals surface area contributed by atoms with Gasteiger partial charge in [-0.3, -0.25) is 4.90 Å². The van der Waals surface area contributed by atoms with Gasteiger partial charge < -0.3 is 9.47 Å². The molecule has 0 radical (unpaired) electrons. The smallest absolute Gasteiger partial charge is 0.414 e. The topological polar surface area (TPSA) is 38.8 Å². The molecule has 0 aliphatic carbocycles. The van der Waals surface area contributed by atoms with Crippen LogP contribution in [0.15, 0.2) is 53.0 Å². The number of hydrogen-bond acceptors (Lipinski definition) is 3. The van der Waals surface area contributed by atoms with Crippen LogP contribution in [0.4, 0.5) is 10.5 Å². The van der Waals surface area contributed by atoms with E-state index in [0.29, 0.717) is 18.9 Å². The molecule has 0 fully saturated rings. The van der Waals surface area contributed by atoms with Gasteiger partial charge in [0.1, 0.15) is 19.0 Å². The summed E-state index contributed by atoms with van der Waals surface area (Å²) in [6.45, 7) is 1.22. The highest BCUT2D eigenvalue weighted by Crippen LogP contribution is 2.34. The van der Waals surface area contributed by atoms with Gasteiger partial charge in [0, 0.05) is 4.47 Å². The number of amides is 1. The van der Waals surface area contributed by atoms with Crippen molar-refractivity contribution in [2.24, 2.45) is 0 Å². The highest BCUT2D eigenvalue weighted by molar-refractivity contribution is 9.10. The van der Waals surface area contributed by atoms with Crippen LogP contribution in [0, 0.1) is 0 Å². The number of fused-ring (bicyclic) bond motifs is 1. The van der Waals surface area contributed by atoms with Crippen molar-refractivity contribution in [1.29, 1.82) is 0 Å². The van der Waals surface area contributed by atoms with Gasteiger partial charge in [0.2, 0.25) is 0 Å². The Bertz CT molecular complexity index is 645. The highest BCUT2D eigenvalue weighted by Gasteiger charge is 2.24. The predicted molar refractivity (Wildman–Crippen MR) is 83.6 cm³/mol. The third-order valence-corrected chi connectivity index (χ3v) is 3.70. The summed E-state index contributed by atoms with van der Waals surface area (Å²) >= 11 is 3.39. The monoisotopic (exact) mass is 347 g/mol. The van der Waals surface area contributed by atoms with E-state index in [2.05, 4.69) is 15.9 Å². The molecule has 5 heteroatoms. The molecule has 1 heterocycles. The molecule has 1 amide bonds. The fourth-order valence-corrected chi connectivity index (χ4v) is 2.52. The van der Waals surface area contributed by atoms with Crippen LogP contribution in [0.25, 0.3) is 0 Å². The number of benzene rings is 2. The van der Waals surface area contributed by atoms with Crippen LogP contribution in [-0.2, 0) is 11.3 Å². The normalized spacial score (nSPS) is 13.3. The Morgan fingerprint density at radius 3 is 2.86 bits per heavy atom. The van der Waals surface area contributed by atoms with Crippen molar-refractivity contribution in [3.05, 3.63) is 58.6 Å². The number of carbonyl (C=O) groups excluding carboxylic acids is 1. The van der Waals surface area contributed by atoms with E-state index in [-0.39, 0.29) is 12.7 Å². The summed E-state index contributed by atoms with van der Waals surface area (Å²) in [6, 6.07) is 15.2. The van der Waals surface area contributed by atoms with Crippen LogP contribution in [0.5, 0.6) is 5.75 Å². The Morgan fingerprint density at radius 2 is 2.05 bits per heavy atom. The summed E-state index contributed by atoms with van der Waals surface area (Å²) < 4.78 is 11.9. The third-order valence-electron chi connectivity index (χ3n) is 3.21. The van der Waals surface area contributed by atoms with Gasteiger partial charge in [-0.1, -0.05) is 46.3 Å². The van der Waals surface area contributed by atoms with E-state index < -0.39 is 0 Å². The number of hydrogen-bond donors (Lipinski definition) is 0. The first-order valence-corrected chi connectivity index (χ1v) is 7.44.